The number of pyridine rings is 1. The van der Waals surface area contributed by atoms with E-state index in [0.29, 0.717) is 5.69 Å². The van der Waals surface area contributed by atoms with Crippen molar-refractivity contribution in [3.05, 3.63) is 75.8 Å². The number of carbonyl (C=O) groups is 2. The Morgan fingerprint density at radius 1 is 1.12 bits per heavy atom. The number of amides is 1. The first-order chi connectivity index (χ1) is 12.4. The number of anilines is 1. The van der Waals surface area contributed by atoms with E-state index in [9.17, 15) is 14.4 Å². The molecule has 0 aliphatic heterocycles. The van der Waals surface area contributed by atoms with Crippen LogP contribution < -0.4 is 10.9 Å². The van der Waals surface area contributed by atoms with E-state index >= 15 is 0 Å². The highest BCUT2D eigenvalue weighted by atomic mass is 16.4. The van der Waals surface area contributed by atoms with Gasteiger partial charge in [-0.25, -0.2) is 9.78 Å². The number of rotatable bonds is 4. The Hall–Kier alpha value is -3.81. The minimum absolute atomic E-state index is 0.0128. The van der Waals surface area contributed by atoms with Gasteiger partial charge in [0.2, 0.25) is 0 Å². The molecule has 0 saturated carbocycles. The second-order valence-electron chi connectivity index (χ2n) is 5.53. The first-order valence-corrected chi connectivity index (χ1v) is 7.61. The van der Waals surface area contributed by atoms with Gasteiger partial charge in [0.05, 0.1) is 5.56 Å². The fraction of sp³-hybridized carbons (Fsp3) is 0.0556. The minimum atomic E-state index is -1.12. The smallest absolute Gasteiger partial charge is 0.335 e. The molecule has 8 heteroatoms. The maximum absolute atomic E-state index is 12.2. The monoisotopic (exact) mass is 350 g/mol. The number of nitrogens with zero attached hydrogens (tertiary/aromatic N) is 2. The SMILES string of the molecule is Cc1ccc(NC(=O)c2cnc(-c3cc(C(=O)O)ccn3)[nH]c2=O)cc1. The van der Waals surface area contributed by atoms with Crippen LogP contribution >= 0.6 is 0 Å². The van der Waals surface area contributed by atoms with E-state index < -0.39 is 17.4 Å². The summed E-state index contributed by atoms with van der Waals surface area (Å²) in [6.07, 6.45) is 2.43. The quantitative estimate of drug-likeness (QED) is 0.661. The molecule has 8 nitrogen and oxygen atoms in total. The molecule has 0 spiro atoms. The van der Waals surface area contributed by atoms with Crippen molar-refractivity contribution in [1.29, 1.82) is 0 Å². The van der Waals surface area contributed by atoms with Gasteiger partial charge in [-0.3, -0.25) is 14.6 Å². The second-order valence-corrected chi connectivity index (χ2v) is 5.53. The van der Waals surface area contributed by atoms with Crippen LogP contribution in [0.1, 0.15) is 26.3 Å². The van der Waals surface area contributed by atoms with E-state index in [1.54, 1.807) is 12.1 Å². The Labute approximate surface area is 147 Å². The van der Waals surface area contributed by atoms with Crippen molar-refractivity contribution in [3.8, 4) is 11.5 Å². The lowest BCUT2D eigenvalue weighted by atomic mass is 10.2. The standard InChI is InChI=1S/C18H14N4O4/c1-10-2-4-12(5-3-10)21-16(23)13-9-20-15(22-17(13)24)14-8-11(18(25)26)6-7-19-14/h2-9H,1H3,(H,21,23)(H,25,26)(H,20,22,24). The fourth-order valence-electron chi connectivity index (χ4n) is 2.22. The molecule has 26 heavy (non-hydrogen) atoms. The Balaban J connectivity index is 1.86. The van der Waals surface area contributed by atoms with Crippen LogP contribution in [0.25, 0.3) is 11.5 Å². The molecule has 3 aromatic rings. The van der Waals surface area contributed by atoms with Crippen LogP contribution in [-0.2, 0) is 0 Å². The van der Waals surface area contributed by atoms with E-state index in [-0.39, 0.29) is 22.6 Å². The lowest BCUT2D eigenvalue weighted by Gasteiger charge is -2.06. The third-order valence-electron chi connectivity index (χ3n) is 3.60. The molecule has 0 saturated heterocycles. The van der Waals surface area contributed by atoms with E-state index in [1.165, 1.54) is 18.3 Å². The van der Waals surface area contributed by atoms with Gasteiger partial charge in [0, 0.05) is 18.1 Å². The molecule has 3 N–H and O–H groups in total. The van der Waals surface area contributed by atoms with Gasteiger partial charge in [-0.2, -0.15) is 0 Å². The number of hydrogen-bond donors (Lipinski definition) is 3. The van der Waals surface area contributed by atoms with Crippen molar-refractivity contribution in [2.75, 3.05) is 5.32 Å². The molecule has 0 aliphatic rings. The first-order valence-electron chi connectivity index (χ1n) is 7.61. The van der Waals surface area contributed by atoms with Crippen LogP contribution in [0.15, 0.2) is 53.6 Å². The van der Waals surface area contributed by atoms with E-state index in [2.05, 4.69) is 20.3 Å². The molecule has 0 fully saturated rings. The number of H-pyrrole nitrogens is 1. The first kappa shape index (κ1) is 17.0. The number of aromatic amines is 1. The zero-order valence-corrected chi connectivity index (χ0v) is 13.7. The molecule has 2 aromatic heterocycles. The Morgan fingerprint density at radius 3 is 2.50 bits per heavy atom. The highest BCUT2D eigenvalue weighted by molar-refractivity contribution is 6.03. The highest BCUT2D eigenvalue weighted by Gasteiger charge is 2.14. The van der Waals surface area contributed by atoms with Crippen LogP contribution in [0.2, 0.25) is 0 Å². The summed E-state index contributed by atoms with van der Waals surface area (Å²) in [4.78, 5) is 45.9. The van der Waals surface area contributed by atoms with Gasteiger partial charge in [0.25, 0.3) is 11.5 Å². The summed E-state index contributed by atoms with van der Waals surface area (Å²) in [5, 5.41) is 11.6. The van der Waals surface area contributed by atoms with Gasteiger partial charge in [0.15, 0.2) is 5.82 Å². The zero-order chi connectivity index (χ0) is 18.7. The lowest BCUT2D eigenvalue weighted by molar-refractivity contribution is 0.0696. The maximum atomic E-state index is 12.2. The number of carboxylic acid groups (broad SMARTS) is 1. The molecule has 0 aliphatic carbocycles. The number of nitrogens with one attached hydrogen (secondary N) is 2. The number of carboxylic acids is 1. The van der Waals surface area contributed by atoms with Crippen molar-refractivity contribution in [3.63, 3.8) is 0 Å². The summed E-state index contributed by atoms with van der Waals surface area (Å²) in [6, 6.07) is 9.74. The van der Waals surface area contributed by atoms with Gasteiger partial charge < -0.3 is 15.4 Å². The van der Waals surface area contributed by atoms with Gasteiger partial charge in [0.1, 0.15) is 11.3 Å². The highest BCUT2D eigenvalue weighted by Crippen LogP contribution is 2.13. The fourth-order valence-corrected chi connectivity index (χ4v) is 2.22. The number of hydrogen-bond acceptors (Lipinski definition) is 5. The molecule has 0 radical (unpaired) electrons. The Morgan fingerprint density at radius 2 is 1.85 bits per heavy atom. The van der Waals surface area contributed by atoms with Gasteiger partial charge in [-0.05, 0) is 31.2 Å². The number of carbonyl (C=O) groups excluding carboxylic acids is 1. The number of aromatic nitrogens is 3. The maximum Gasteiger partial charge on any atom is 0.335 e. The molecule has 2 heterocycles. The average molecular weight is 350 g/mol. The molecule has 130 valence electrons. The van der Waals surface area contributed by atoms with Crippen LogP contribution in [0, 0.1) is 6.92 Å². The minimum Gasteiger partial charge on any atom is -0.478 e. The summed E-state index contributed by atoms with van der Waals surface area (Å²) >= 11 is 0. The zero-order valence-electron chi connectivity index (χ0n) is 13.7. The molecular weight excluding hydrogens is 336 g/mol. The summed E-state index contributed by atoms with van der Waals surface area (Å²) < 4.78 is 0. The summed E-state index contributed by atoms with van der Waals surface area (Å²) in [5.41, 5.74) is 0.986. The van der Waals surface area contributed by atoms with Crippen molar-refractivity contribution in [1.82, 2.24) is 15.0 Å². The molecule has 1 aromatic carbocycles. The van der Waals surface area contributed by atoms with Crippen molar-refractivity contribution in [2.45, 2.75) is 6.92 Å². The third-order valence-corrected chi connectivity index (χ3v) is 3.60. The molecule has 3 rings (SSSR count). The topological polar surface area (TPSA) is 125 Å². The van der Waals surface area contributed by atoms with Crippen LogP contribution in [0.3, 0.4) is 0 Å². The van der Waals surface area contributed by atoms with Crippen molar-refractivity contribution < 1.29 is 14.7 Å². The predicted molar refractivity (Wildman–Crippen MR) is 94.2 cm³/mol. The van der Waals surface area contributed by atoms with E-state index in [4.69, 9.17) is 5.11 Å². The third kappa shape index (κ3) is 3.64. The second kappa shape index (κ2) is 6.98. The van der Waals surface area contributed by atoms with Crippen LogP contribution in [0.5, 0.6) is 0 Å². The Bertz CT molecular complexity index is 1040. The van der Waals surface area contributed by atoms with Gasteiger partial charge >= 0.3 is 5.97 Å². The molecule has 0 bridgehead atoms. The Kier molecular flexibility index (Phi) is 4.57. The van der Waals surface area contributed by atoms with Crippen LogP contribution in [0.4, 0.5) is 5.69 Å². The summed E-state index contributed by atoms with van der Waals surface area (Å²) in [6.45, 7) is 1.92. The lowest BCUT2D eigenvalue weighted by Crippen LogP contribution is -2.24. The van der Waals surface area contributed by atoms with Gasteiger partial charge in [-0.1, -0.05) is 17.7 Å². The molecule has 1 amide bonds. The number of aromatic carboxylic acids is 1. The van der Waals surface area contributed by atoms with Crippen molar-refractivity contribution in [2.24, 2.45) is 0 Å². The van der Waals surface area contributed by atoms with Crippen LogP contribution in [-0.4, -0.2) is 31.9 Å². The number of aryl methyl sites for hydroxylation is 1. The average Bonchev–Trinajstić information content (AvgIpc) is 2.63. The number of benzene rings is 1. The summed E-state index contributed by atoms with van der Waals surface area (Å²) in [5.74, 6) is -1.64. The molecule has 0 atom stereocenters. The van der Waals surface area contributed by atoms with E-state index in [1.807, 2.05) is 19.1 Å². The van der Waals surface area contributed by atoms with Gasteiger partial charge in [-0.15, -0.1) is 0 Å². The largest absolute Gasteiger partial charge is 0.478 e. The normalized spacial score (nSPS) is 10.3. The van der Waals surface area contributed by atoms with E-state index in [0.717, 1.165) is 11.8 Å². The summed E-state index contributed by atoms with van der Waals surface area (Å²) in [7, 11) is 0. The van der Waals surface area contributed by atoms with Crippen molar-refractivity contribution >= 4 is 17.6 Å². The molecular formula is C18H14N4O4. The molecule has 0 unspecified atom stereocenters. The predicted octanol–water partition coefficient (Wildman–Crippen LogP) is 2.09.